The fraction of sp³-hybridized carbons (Fsp3) is 0.263. The van der Waals surface area contributed by atoms with Crippen molar-refractivity contribution in [1.82, 2.24) is 20.4 Å². The van der Waals surface area contributed by atoms with Crippen molar-refractivity contribution in [2.24, 2.45) is 0 Å². The van der Waals surface area contributed by atoms with Gasteiger partial charge in [0.1, 0.15) is 5.76 Å². The van der Waals surface area contributed by atoms with Crippen molar-refractivity contribution in [1.29, 1.82) is 0 Å². The molecular weight excluding hydrogens is 362 g/mol. The molecule has 0 fully saturated rings. The van der Waals surface area contributed by atoms with Gasteiger partial charge in [0, 0.05) is 24.7 Å². The summed E-state index contributed by atoms with van der Waals surface area (Å²) >= 11 is 0. The number of aromatic nitrogens is 2. The van der Waals surface area contributed by atoms with Gasteiger partial charge < -0.3 is 19.5 Å². The van der Waals surface area contributed by atoms with Crippen LogP contribution < -0.4 is 10.6 Å². The number of rotatable bonds is 6. The Labute approximate surface area is 161 Å². The maximum atomic E-state index is 12.1. The summed E-state index contributed by atoms with van der Waals surface area (Å²) in [6.07, 6.45) is 1.57. The number of aryl methyl sites for hydroxylation is 1. The van der Waals surface area contributed by atoms with Gasteiger partial charge in [0.25, 0.3) is 0 Å². The highest BCUT2D eigenvalue weighted by Gasteiger charge is 2.20. The fourth-order valence-corrected chi connectivity index (χ4v) is 2.59. The number of furan rings is 1. The maximum Gasteiger partial charge on any atom is 0.313 e. The van der Waals surface area contributed by atoms with Crippen LogP contribution in [0.2, 0.25) is 0 Å². The first kappa shape index (κ1) is 19.3. The van der Waals surface area contributed by atoms with Crippen LogP contribution in [0.1, 0.15) is 17.7 Å². The molecule has 2 heterocycles. The first-order chi connectivity index (χ1) is 13.4. The van der Waals surface area contributed by atoms with E-state index >= 15 is 0 Å². The molecule has 146 valence electrons. The van der Waals surface area contributed by atoms with Gasteiger partial charge in [-0.15, -0.1) is 10.2 Å². The van der Waals surface area contributed by atoms with Crippen LogP contribution in [0.5, 0.6) is 0 Å². The average molecular weight is 383 g/mol. The molecule has 0 aliphatic heterocycles. The number of amides is 2. The van der Waals surface area contributed by atoms with Gasteiger partial charge in [-0.25, -0.2) is 0 Å². The first-order valence-corrected chi connectivity index (χ1v) is 8.63. The van der Waals surface area contributed by atoms with E-state index in [1.165, 1.54) is 0 Å². The molecular formula is C19H21N5O4. The zero-order valence-electron chi connectivity index (χ0n) is 15.8. The van der Waals surface area contributed by atoms with Crippen molar-refractivity contribution in [2.45, 2.75) is 13.0 Å². The Morgan fingerprint density at radius 1 is 1.11 bits per heavy atom. The number of carbonyl (C=O) groups excluding carboxylic acids is 2. The largest absolute Gasteiger partial charge is 0.468 e. The zero-order chi connectivity index (χ0) is 20.1. The maximum absolute atomic E-state index is 12.1. The second-order valence-electron chi connectivity index (χ2n) is 6.36. The average Bonchev–Trinajstić information content (AvgIpc) is 3.34. The van der Waals surface area contributed by atoms with E-state index < -0.39 is 11.8 Å². The lowest BCUT2D eigenvalue weighted by Crippen LogP contribution is -2.40. The molecule has 2 N–H and O–H groups in total. The molecule has 0 saturated heterocycles. The SMILES string of the molecule is Cc1nnc(-c2ccc(NC(=O)C(=O)NCC(c3ccco3)N(C)C)cc2)o1. The molecule has 1 aromatic carbocycles. The van der Waals surface area contributed by atoms with Gasteiger partial charge in [-0.05, 0) is 50.5 Å². The molecule has 0 radical (unpaired) electrons. The van der Waals surface area contributed by atoms with E-state index in [1.807, 2.05) is 25.1 Å². The zero-order valence-corrected chi connectivity index (χ0v) is 15.8. The van der Waals surface area contributed by atoms with Crippen LogP contribution in [0, 0.1) is 6.92 Å². The number of hydrogen-bond donors (Lipinski definition) is 2. The highest BCUT2D eigenvalue weighted by atomic mass is 16.4. The molecule has 1 atom stereocenters. The third kappa shape index (κ3) is 4.63. The van der Waals surface area contributed by atoms with Crippen LogP contribution in [0.15, 0.2) is 51.5 Å². The number of carbonyl (C=O) groups is 2. The highest BCUT2D eigenvalue weighted by Crippen LogP contribution is 2.20. The molecule has 0 saturated carbocycles. The first-order valence-electron chi connectivity index (χ1n) is 8.63. The van der Waals surface area contributed by atoms with Crippen LogP contribution in [0.4, 0.5) is 5.69 Å². The van der Waals surface area contributed by atoms with Gasteiger partial charge >= 0.3 is 11.8 Å². The van der Waals surface area contributed by atoms with Crippen LogP contribution in [0.3, 0.4) is 0 Å². The van der Waals surface area contributed by atoms with Crippen molar-refractivity contribution < 1.29 is 18.4 Å². The van der Waals surface area contributed by atoms with Gasteiger partial charge in [-0.2, -0.15) is 0 Å². The molecule has 1 unspecified atom stereocenters. The third-order valence-corrected chi connectivity index (χ3v) is 4.07. The van der Waals surface area contributed by atoms with E-state index in [9.17, 15) is 9.59 Å². The quantitative estimate of drug-likeness (QED) is 0.626. The molecule has 9 heteroatoms. The van der Waals surface area contributed by atoms with E-state index in [0.717, 1.165) is 5.56 Å². The summed E-state index contributed by atoms with van der Waals surface area (Å²) in [5, 5.41) is 12.9. The van der Waals surface area contributed by atoms with E-state index in [1.54, 1.807) is 43.5 Å². The summed E-state index contributed by atoms with van der Waals surface area (Å²) in [5.74, 6) is 0.0845. The Kier molecular flexibility index (Phi) is 5.85. The molecule has 2 aromatic heterocycles. The Bertz CT molecular complexity index is 932. The molecule has 3 rings (SSSR count). The summed E-state index contributed by atoms with van der Waals surface area (Å²) in [5.41, 5.74) is 1.20. The molecule has 28 heavy (non-hydrogen) atoms. The smallest absolute Gasteiger partial charge is 0.313 e. The van der Waals surface area contributed by atoms with Crippen LogP contribution in [0.25, 0.3) is 11.5 Å². The van der Waals surface area contributed by atoms with Crippen molar-refractivity contribution in [3.63, 3.8) is 0 Å². The topological polar surface area (TPSA) is 114 Å². The Morgan fingerprint density at radius 3 is 2.43 bits per heavy atom. The van der Waals surface area contributed by atoms with Gasteiger partial charge in [0.2, 0.25) is 11.8 Å². The second-order valence-corrected chi connectivity index (χ2v) is 6.36. The minimum atomic E-state index is -0.752. The minimum absolute atomic E-state index is 0.177. The van der Waals surface area contributed by atoms with Crippen molar-refractivity contribution in [2.75, 3.05) is 26.0 Å². The van der Waals surface area contributed by atoms with E-state index in [2.05, 4.69) is 20.8 Å². The van der Waals surface area contributed by atoms with Crippen molar-refractivity contribution in [3.8, 4) is 11.5 Å². The number of likely N-dealkylation sites (N-methyl/N-ethyl adjacent to an activating group) is 1. The van der Waals surface area contributed by atoms with Crippen LogP contribution in [-0.2, 0) is 9.59 Å². The lowest BCUT2D eigenvalue weighted by molar-refractivity contribution is -0.136. The lowest BCUT2D eigenvalue weighted by Gasteiger charge is -2.22. The Morgan fingerprint density at radius 2 is 1.86 bits per heavy atom. The minimum Gasteiger partial charge on any atom is -0.468 e. The summed E-state index contributed by atoms with van der Waals surface area (Å²) < 4.78 is 10.7. The van der Waals surface area contributed by atoms with Gasteiger partial charge in [-0.3, -0.25) is 14.5 Å². The molecule has 0 aliphatic rings. The standard InChI is InChI=1S/C19H21N5O4/c1-12-22-23-19(28-12)13-6-8-14(9-7-13)21-18(26)17(25)20-11-15(24(2)3)16-5-4-10-27-16/h4-10,15H,11H2,1-3H3,(H,20,25)(H,21,26). The van der Waals surface area contributed by atoms with Crippen molar-refractivity contribution >= 4 is 17.5 Å². The van der Waals surface area contributed by atoms with E-state index in [4.69, 9.17) is 8.83 Å². The predicted octanol–water partition coefficient (Wildman–Crippen LogP) is 2.00. The molecule has 2 amide bonds. The molecule has 9 nitrogen and oxygen atoms in total. The summed E-state index contributed by atoms with van der Waals surface area (Å²) in [6, 6.07) is 10.2. The normalized spacial score (nSPS) is 12.0. The summed E-state index contributed by atoms with van der Waals surface area (Å²) in [7, 11) is 3.73. The van der Waals surface area contributed by atoms with Crippen molar-refractivity contribution in [3.05, 3.63) is 54.3 Å². The number of nitrogens with one attached hydrogen (secondary N) is 2. The number of nitrogens with zero attached hydrogens (tertiary/aromatic N) is 3. The van der Waals surface area contributed by atoms with Gasteiger partial charge in [-0.1, -0.05) is 0 Å². The lowest BCUT2D eigenvalue weighted by atomic mass is 10.2. The number of benzene rings is 1. The Balaban J connectivity index is 1.56. The number of anilines is 1. The van der Waals surface area contributed by atoms with Gasteiger partial charge in [0.05, 0.1) is 12.3 Å². The van der Waals surface area contributed by atoms with E-state index in [0.29, 0.717) is 23.2 Å². The summed E-state index contributed by atoms with van der Waals surface area (Å²) in [4.78, 5) is 26.2. The fourth-order valence-electron chi connectivity index (χ4n) is 2.59. The number of hydrogen-bond acceptors (Lipinski definition) is 7. The van der Waals surface area contributed by atoms with Gasteiger partial charge in [0.15, 0.2) is 0 Å². The van der Waals surface area contributed by atoms with Crippen LogP contribution >= 0.6 is 0 Å². The predicted molar refractivity (Wildman–Crippen MR) is 101 cm³/mol. The third-order valence-electron chi connectivity index (χ3n) is 4.07. The summed E-state index contributed by atoms with van der Waals surface area (Å²) in [6.45, 7) is 1.94. The Hall–Kier alpha value is -3.46. The molecule has 3 aromatic rings. The molecule has 0 spiro atoms. The van der Waals surface area contributed by atoms with E-state index in [-0.39, 0.29) is 12.6 Å². The highest BCUT2D eigenvalue weighted by molar-refractivity contribution is 6.39. The monoisotopic (exact) mass is 383 g/mol. The second kappa shape index (κ2) is 8.49. The van der Waals surface area contributed by atoms with Crippen LogP contribution in [-0.4, -0.2) is 47.6 Å². The molecule has 0 bridgehead atoms. The molecule has 0 aliphatic carbocycles.